The van der Waals surface area contributed by atoms with Gasteiger partial charge in [0.15, 0.2) is 5.22 Å². The number of hydrogen-bond acceptors (Lipinski definition) is 2. The second-order valence-electron chi connectivity index (χ2n) is 2.38. The molecule has 0 saturated carbocycles. The van der Waals surface area contributed by atoms with Crippen molar-refractivity contribution in [3.05, 3.63) is 23.1 Å². The van der Waals surface area contributed by atoms with Crippen LogP contribution in [-0.2, 0) is 0 Å². The van der Waals surface area contributed by atoms with Crippen molar-refractivity contribution in [2.24, 2.45) is 5.73 Å². The molecule has 1 rings (SSSR count). The van der Waals surface area contributed by atoms with Crippen molar-refractivity contribution in [2.45, 2.75) is 18.9 Å². The molecule has 1 aromatic heterocycles. The van der Waals surface area contributed by atoms with Crippen LogP contribution in [0.2, 0.25) is 5.22 Å². The highest BCUT2D eigenvalue weighted by Gasteiger charge is 2.15. The van der Waals surface area contributed by atoms with Crippen LogP contribution < -0.4 is 5.73 Å². The van der Waals surface area contributed by atoms with Gasteiger partial charge in [-0.1, -0.05) is 0 Å². The van der Waals surface area contributed by atoms with E-state index in [9.17, 15) is 8.78 Å². The van der Waals surface area contributed by atoms with Gasteiger partial charge in [0.05, 0.1) is 6.04 Å². The van der Waals surface area contributed by atoms with Crippen molar-refractivity contribution >= 4 is 11.6 Å². The zero-order chi connectivity index (χ0) is 9.14. The molecule has 0 spiro atoms. The molecule has 1 heterocycles. The van der Waals surface area contributed by atoms with Crippen LogP contribution in [0.1, 0.15) is 18.2 Å². The minimum Gasteiger partial charge on any atom is -0.448 e. The van der Waals surface area contributed by atoms with Gasteiger partial charge in [-0.15, -0.1) is 0 Å². The average molecular weight is 196 g/mol. The summed E-state index contributed by atoms with van der Waals surface area (Å²) in [5.41, 5.74) is 5.38. The lowest BCUT2D eigenvalue weighted by atomic mass is 10.2. The summed E-state index contributed by atoms with van der Waals surface area (Å²) in [6.45, 7) is 0. The summed E-state index contributed by atoms with van der Waals surface area (Å²) in [4.78, 5) is 0. The number of alkyl halides is 2. The van der Waals surface area contributed by atoms with Gasteiger partial charge in [0.2, 0.25) is 6.43 Å². The third-order valence-electron chi connectivity index (χ3n) is 1.39. The lowest BCUT2D eigenvalue weighted by Gasteiger charge is -2.06. The minimum absolute atomic E-state index is 0.162. The summed E-state index contributed by atoms with van der Waals surface area (Å²) in [7, 11) is 0. The highest BCUT2D eigenvalue weighted by molar-refractivity contribution is 6.28. The molecule has 0 bridgehead atoms. The standard InChI is InChI=1S/C7H8ClF2NO/c8-6-2-1-5(12-6)4(11)3-7(9)10/h1-2,4,7H,3,11H2/t4-/m1/s1. The van der Waals surface area contributed by atoms with E-state index in [4.69, 9.17) is 21.8 Å². The van der Waals surface area contributed by atoms with Crippen molar-refractivity contribution in [3.8, 4) is 0 Å². The van der Waals surface area contributed by atoms with Crippen LogP contribution >= 0.6 is 11.6 Å². The molecule has 1 atom stereocenters. The molecule has 0 amide bonds. The fourth-order valence-electron chi connectivity index (χ4n) is 0.836. The molecule has 1 aromatic rings. The molecule has 68 valence electrons. The smallest absolute Gasteiger partial charge is 0.240 e. The summed E-state index contributed by atoms with van der Waals surface area (Å²) in [5.74, 6) is 0.292. The number of hydrogen-bond donors (Lipinski definition) is 1. The third-order valence-corrected chi connectivity index (χ3v) is 1.59. The molecular formula is C7H8ClF2NO. The van der Waals surface area contributed by atoms with Crippen LogP contribution in [0.25, 0.3) is 0 Å². The molecule has 5 heteroatoms. The fourth-order valence-corrected chi connectivity index (χ4v) is 0.988. The van der Waals surface area contributed by atoms with Crippen molar-refractivity contribution in [1.82, 2.24) is 0 Å². The quantitative estimate of drug-likeness (QED) is 0.805. The van der Waals surface area contributed by atoms with Crippen LogP contribution in [0.15, 0.2) is 16.5 Å². The van der Waals surface area contributed by atoms with Crippen molar-refractivity contribution < 1.29 is 13.2 Å². The maximum Gasteiger partial charge on any atom is 0.240 e. The van der Waals surface area contributed by atoms with E-state index in [1.165, 1.54) is 12.1 Å². The highest BCUT2D eigenvalue weighted by Crippen LogP contribution is 2.22. The average Bonchev–Trinajstić information content (AvgIpc) is 2.34. The summed E-state index contributed by atoms with van der Waals surface area (Å²) >= 11 is 5.43. The molecule has 2 N–H and O–H groups in total. The Morgan fingerprint density at radius 3 is 2.58 bits per heavy atom. The van der Waals surface area contributed by atoms with E-state index in [1.807, 2.05) is 0 Å². The molecule has 0 fully saturated rings. The van der Waals surface area contributed by atoms with Gasteiger partial charge in [0.25, 0.3) is 0 Å². The molecular weight excluding hydrogens is 188 g/mol. The molecule has 2 nitrogen and oxygen atoms in total. The lowest BCUT2D eigenvalue weighted by molar-refractivity contribution is 0.125. The first-order valence-corrected chi connectivity index (χ1v) is 3.76. The molecule has 0 aromatic carbocycles. The number of rotatable bonds is 3. The van der Waals surface area contributed by atoms with Crippen molar-refractivity contribution in [3.63, 3.8) is 0 Å². The second-order valence-corrected chi connectivity index (χ2v) is 2.75. The zero-order valence-corrected chi connectivity index (χ0v) is 6.89. The van der Waals surface area contributed by atoms with Gasteiger partial charge in [-0.2, -0.15) is 0 Å². The Bertz CT molecular complexity index is 251. The van der Waals surface area contributed by atoms with Gasteiger partial charge < -0.3 is 10.2 Å². The Morgan fingerprint density at radius 1 is 1.50 bits per heavy atom. The van der Waals surface area contributed by atoms with E-state index in [0.29, 0.717) is 5.76 Å². The highest BCUT2D eigenvalue weighted by atomic mass is 35.5. The molecule has 0 saturated heterocycles. The maximum atomic E-state index is 11.8. The molecule has 0 aliphatic rings. The normalized spacial score (nSPS) is 13.8. The van der Waals surface area contributed by atoms with E-state index in [1.54, 1.807) is 0 Å². The summed E-state index contributed by atoms with van der Waals surface area (Å²) in [6.07, 6.45) is -2.84. The number of halogens is 3. The first-order chi connectivity index (χ1) is 5.59. The van der Waals surface area contributed by atoms with E-state index in [0.717, 1.165) is 0 Å². The van der Waals surface area contributed by atoms with Gasteiger partial charge in [0.1, 0.15) is 5.76 Å². The zero-order valence-electron chi connectivity index (χ0n) is 6.14. The first-order valence-electron chi connectivity index (χ1n) is 3.38. The first kappa shape index (κ1) is 9.48. The summed E-state index contributed by atoms with van der Waals surface area (Å²) < 4.78 is 28.5. The largest absolute Gasteiger partial charge is 0.448 e. The maximum absolute atomic E-state index is 11.8. The Morgan fingerprint density at radius 2 is 2.17 bits per heavy atom. The third kappa shape index (κ3) is 2.46. The number of nitrogens with two attached hydrogens (primary N) is 1. The Hall–Kier alpha value is -0.610. The van der Waals surface area contributed by atoms with Gasteiger partial charge in [-0.05, 0) is 23.7 Å². The SMILES string of the molecule is N[C@H](CC(F)F)c1ccc(Cl)o1. The van der Waals surface area contributed by atoms with E-state index >= 15 is 0 Å². The van der Waals surface area contributed by atoms with E-state index < -0.39 is 18.9 Å². The summed E-state index contributed by atoms with van der Waals surface area (Å²) in [6, 6.07) is 2.19. The van der Waals surface area contributed by atoms with Crippen LogP contribution in [0, 0.1) is 0 Å². The van der Waals surface area contributed by atoms with Crippen molar-refractivity contribution in [2.75, 3.05) is 0 Å². The van der Waals surface area contributed by atoms with Gasteiger partial charge in [0, 0.05) is 6.42 Å². The summed E-state index contributed by atoms with van der Waals surface area (Å²) in [5, 5.41) is 0.162. The molecule has 0 unspecified atom stereocenters. The van der Waals surface area contributed by atoms with Gasteiger partial charge >= 0.3 is 0 Å². The molecule has 12 heavy (non-hydrogen) atoms. The van der Waals surface area contributed by atoms with Crippen LogP contribution in [0.3, 0.4) is 0 Å². The predicted octanol–water partition coefficient (Wildman–Crippen LogP) is 2.59. The van der Waals surface area contributed by atoms with E-state index in [2.05, 4.69) is 0 Å². The van der Waals surface area contributed by atoms with E-state index in [-0.39, 0.29) is 5.22 Å². The van der Waals surface area contributed by atoms with Crippen LogP contribution in [-0.4, -0.2) is 6.43 Å². The van der Waals surface area contributed by atoms with Gasteiger partial charge in [-0.25, -0.2) is 8.78 Å². The van der Waals surface area contributed by atoms with Crippen molar-refractivity contribution in [1.29, 1.82) is 0 Å². The Kier molecular flexibility index (Phi) is 3.05. The topological polar surface area (TPSA) is 39.2 Å². The molecule has 0 radical (unpaired) electrons. The second kappa shape index (κ2) is 3.87. The Balaban J connectivity index is 2.58. The monoisotopic (exact) mass is 195 g/mol. The predicted molar refractivity (Wildman–Crippen MR) is 41.3 cm³/mol. The van der Waals surface area contributed by atoms with Gasteiger partial charge in [-0.3, -0.25) is 0 Å². The number of furan rings is 1. The molecule has 0 aliphatic carbocycles. The fraction of sp³-hybridized carbons (Fsp3) is 0.429. The van der Waals surface area contributed by atoms with Crippen LogP contribution in [0.4, 0.5) is 8.78 Å². The Labute approximate surface area is 73.3 Å². The lowest BCUT2D eigenvalue weighted by Crippen LogP contribution is -2.12. The minimum atomic E-state index is -2.43. The molecule has 0 aliphatic heterocycles. The van der Waals surface area contributed by atoms with Crippen LogP contribution in [0.5, 0.6) is 0 Å².